The molecule has 4 heteroatoms. The lowest BCUT2D eigenvalue weighted by Crippen LogP contribution is -2.53. The molecule has 1 aliphatic rings. The van der Waals surface area contributed by atoms with E-state index in [-0.39, 0.29) is 6.03 Å². The number of amides is 2. The Morgan fingerprint density at radius 3 is 2.58 bits per heavy atom. The predicted molar refractivity (Wildman–Crippen MR) is 95.9 cm³/mol. The van der Waals surface area contributed by atoms with Gasteiger partial charge >= 0.3 is 6.03 Å². The molecule has 24 heavy (non-hydrogen) atoms. The van der Waals surface area contributed by atoms with Crippen molar-refractivity contribution in [3.05, 3.63) is 66.0 Å². The van der Waals surface area contributed by atoms with Gasteiger partial charge in [0.25, 0.3) is 0 Å². The average Bonchev–Trinajstić information content (AvgIpc) is 2.59. The lowest BCUT2D eigenvalue weighted by Gasteiger charge is -2.39. The van der Waals surface area contributed by atoms with Crippen LogP contribution >= 0.6 is 0 Å². The zero-order chi connectivity index (χ0) is 16.8. The third-order valence-corrected chi connectivity index (χ3v) is 4.83. The number of nitrogens with one attached hydrogen (secondary N) is 1. The normalized spacial score (nSPS) is 15.6. The summed E-state index contributed by atoms with van der Waals surface area (Å²) in [7, 11) is 0. The van der Waals surface area contributed by atoms with Crippen LogP contribution in [0.4, 0.5) is 4.79 Å². The highest BCUT2D eigenvalue weighted by Gasteiger charge is 2.31. The van der Waals surface area contributed by atoms with Crippen molar-refractivity contribution in [2.45, 2.75) is 25.7 Å². The lowest BCUT2D eigenvalue weighted by molar-refractivity contribution is 0.150. The van der Waals surface area contributed by atoms with Crippen LogP contribution in [0.15, 0.2) is 54.9 Å². The summed E-state index contributed by atoms with van der Waals surface area (Å²) in [6.07, 6.45) is 5.70. The van der Waals surface area contributed by atoms with E-state index in [1.165, 1.54) is 11.1 Å². The standard InChI is InChI=1S/C20H25N3O/c1-2-16(12-17-6-4-3-5-7-17)13-22-20(24)23-14-19(15-23)18-8-10-21-11-9-18/h3-11,16,19H,2,12-15H2,1H3,(H,22,24). The number of carbonyl (C=O) groups excluding carboxylic acids is 1. The lowest BCUT2D eigenvalue weighted by atomic mass is 9.92. The van der Waals surface area contributed by atoms with Crippen molar-refractivity contribution in [1.29, 1.82) is 0 Å². The molecular weight excluding hydrogens is 298 g/mol. The number of aromatic nitrogens is 1. The third-order valence-electron chi connectivity index (χ3n) is 4.83. The van der Waals surface area contributed by atoms with E-state index in [2.05, 4.69) is 41.5 Å². The molecule has 2 amide bonds. The van der Waals surface area contributed by atoms with Crippen molar-refractivity contribution in [1.82, 2.24) is 15.2 Å². The molecule has 2 heterocycles. The first-order valence-electron chi connectivity index (χ1n) is 8.73. The van der Waals surface area contributed by atoms with Crippen LogP contribution in [0.5, 0.6) is 0 Å². The van der Waals surface area contributed by atoms with Gasteiger partial charge in [-0.2, -0.15) is 0 Å². The van der Waals surface area contributed by atoms with E-state index in [4.69, 9.17) is 0 Å². The fraction of sp³-hybridized carbons (Fsp3) is 0.400. The van der Waals surface area contributed by atoms with Crippen molar-refractivity contribution in [3.63, 3.8) is 0 Å². The van der Waals surface area contributed by atoms with E-state index in [9.17, 15) is 4.79 Å². The van der Waals surface area contributed by atoms with Crippen molar-refractivity contribution in [2.75, 3.05) is 19.6 Å². The zero-order valence-electron chi connectivity index (χ0n) is 14.2. The van der Waals surface area contributed by atoms with Crippen molar-refractivity contribution < 1.29 is 4.79 Å². The Balaban J connectivity index is 1.42. The molecule has 4 nitrogen and oxygen atoms in total. The van der Waals surface area contributed by atoms with E-state index in [0.29, 0.717) is 11.8 Å². The van der Waals surface area contributed by atoms with Gasteiger partial charge in [-0.15, -0.1) is 0 Å². The summed E-state index contributed by atoms with van der Waals surface area (Å²) in [6, 6.07) is 14.6. The van der Waals surface area contributed by atoms with Crippen LogP contribution in [0.25, 0.3) is 0 Å². The van der Waals surface area contributed by atoms with E-state index >= 15 is 0 Å². The summed E-state index contributed by atoms with van der Waals surface area (Å²) in [5, 5.41) is 3.10. The number of hydrogen-bond donors (Lipinski definition) is 1. The first kappa shape index (κ1) is 16.5. The van der Waals surface area contributed by atoms with Crippen molar-refractivity contribution in [3.8, 4) is 0 Å². The van der Waals surface area contributed by atoms with Gasteiger partial charge in [0.2, 0.25) is 0 Å². The van der Waals surface area contributed by atoms with Crippen molar-refractivity contribution >= 4 is 6.03 Å². The fourth-order valence-electron chi connectivity index (χ4n) is 3.14. The molecule has 0 saturated carbocycles. The van der Waals surface area contributed by atoms with Crippen LogP contribution in [-0.4, -0.2) is 35.5 Å². The summed E-state index contributed by atoms with van der Waals surface area (Å²) < 4.78 is 0. The minimum atomic E-state index is 0.0619. The fourth-order valence-corrected chi connectivity index (χ4v) is 3.14. The number of benzene rings is 1. The molecule has 1 aromatic carbocycles. The molecule has 1 fully saturated rings. The Labute approximate surface area is 143 Å². The highest BCUT2D eigenvalue weighted by Crippen LogP contribution is 2.26. The van der Waals surface area contributed by atoms with Crippen LogP contribution in [0.2, 0.25) is 0 Å². The maximum absolute atomic E-state index is 12.3. The van der Waals surface area contributed by atoms with Gasteiger partial charge in [-0.05, 0) is 35.6 Å². The van der Waals surface area contributed by atoms with Gasteiger partial charge in [0.15, 0.2) is 0 Å². The molecule has 3 rings (SSSR count). The number of hydrogen-bond acceptors (Lipinski definition) is 2. The molecular formula is C20H25N3O. The number of urea groups is 1. The van der Waals surface area contributed by atoms with Gasteiger partial charge in [-0.25, -0.2) is 4.79 Å². The predicted octanol–water partition coefficient (Wildman–Crippen LogP) is 3.46. The summed E-state index contributed by atoms with van der Waals surface area (Å²) >= 11 is 0. The van der Waals surface area contributed by atoms with Gasteiger partial charge < -0.3 is 10.2 Å². The molecule has 0 aliphatic carbocycles. The zero-order valence-corrected chi connectivity index (χ0v) is 14.2. The third kappa shape index (κ3) is 4.13. The Hall–Kier alpha value is -2.36. The second-order valence-electron chi connectivity index (χ2n) is 6.53. The highest BCUT2D eigenvalue weighted by atomic mass is 16.2. The Bertz CT molecular complexity index is 638. The molecule has 1 saturated heterocycles. The molecule has 0 spiro atoms. The number of likely N-dealkylation sites (tertiary alicyclic amines) is 1. The molecule has 1 unspecified atom stereocenters. The summed E-state index contributed by atoms with van der Waals surface area (Å²) in [5.74, 6) is 0.929. The van der Waals surface area contributed by atoms with E-state index < -0.39 is 0 Å². The maximum Gasteiger partial charge on any atom is 0.317 e. The van der Waals surface area contributed by atoms with Gasteiger partial charge in [-0.3, -0.25) is 4.98 Å². The van der Waals surface area contributed by atoms with E-state index in [1.54, 1.807) is 0 Å². The highest BCUT2D eigenvalue weighted by molar-refractivity contribution is 5.75. The Morgan fingerprint density at radius 1 is 1.21 bits per heavy atom. The smallest absolute Gasteiger partial charge is 0.317 e. The molecule has 126 valence electrons. The van der Waals surface area contributed by atoms with E-state index in [0.717, 1.165) is 32.5 Å². The molecule has 1 atom stereocenters. The van der Waals surface area contributed by atoms with Crippen LogP contribution in [0.1, 0.15) is 30.4 Å². The molecule has 1 N–H and O–H groups in total. The monoisotopic (exact) mass is 323 g/mol. The quantitative estimate of drug-likeness (QED) is 0.885. The van der Waals surface area contributed by atoms with Gasteiger partial charge in [0.05, 0.1) is 0 Å². The Morgan fingerprint density at radius 2 is 1.92 bits per heavy atom. The maximum atomic E-state index is 12.3. The summed E-state index contributed by atoms with van der Waals surface area (Å²) in [5.41, 5.74) is 2.60. The number of nitrogens with zero attached hydrogens (tertiary/aromatic N) is 2. The molecule has 1 aromatic heterocycles. The van der Waals surface area contributed by atoms with E-state index in [1.807, 2.05) is 35.5 Å². The average molecular weight is 323 g/mol. The van der Waals surface area contributed by atoms with Gasteiger partial charge in [-0.1, -0.05) is 43.7 Å². The molecule has 0 radical (unpaired) electrons. The van der Waals surface area contributed by atoms with Crippen LogP contribution in [0.3, 0.4) is 0 Å². The van der Waals surface area contributed by atoms with Crippen LogP contribution < -0.4 is 5.32 Å². The van der Waals surface area contributed by atoms with Gasteiger partial charge in [0, 0.05) is 37.9 Å². The largest absolute Gasteiger partial charge is 0.338 e. The topological polar surface area (TPSA) is 45.2 Å². The second-order valence-corrected chi connectivity index (χ2v) is 6.53. The second kappa shape index (κ2) is 7.95. The first-order valence-corrected chi connectivity index (χ1v) is 8.73. The summed E-state index contributed by atoms with van der Waals surface area (Å²) in [4.78, 5) is 18.2. The minimum absolute atomic E-state index is 0.0619. The van der Waals surface area contributed by atoms with Gasteiger partial charge in [0.1, 0.15) is 0 Å². The number of carbonyl (C=O) groups is 1. The Kier molecular flexibility index (Phi) is 5.47. The summed E-state index contributed by atoms with van der Waals surface area (Å²) in [6.45, 7) is 4.51. The van der Waals surface area contributed by atoms with Crippen molar-refractivity contribution in [2.24, 2.45) is 5.92 Å². The van der Waals surface area contributed by atoms with Crippen LogP contribution in [-0.2, 0) is 6.42 Å². The first-order chi connectivity index (χ1) is 11.8. The molecule has 1 aliphatic heterocycles. The molecule has 2 aromatic rings. The van der Waals surface area contributed by atoms with Crippen LogP contribution in [0, 0.1) is 5.92 Å². The number of pyridine rings is 1. The SMILES string of the molecule is CCC(CNC(=O)N1CC(c2ccncc2)C1)Cc1ccccc1. The minimum Gasteiger partial charge on any atom is -0.338 e. The molecule has 0 bridgehead atoms. The number of rotatable bonds is 6.